The standard InChI is InChI=1S/C73H92N18O16S2/c1-40(93)60-71(104)87-54(28-44-20-10-5-11-21-44)69(102)91-61(41(2)94)72(105)88-58(35-92)70(103)89-59(73(106)107)37-109-108-36-49(75)62(95)82-56(30-46-33-76-38-79-46)67(100)86-57(31-47-34-77-39-80-47)68(101)84-52(26-42-16-6-3-7-17-42)64(97)83-53(27-43-18-8-4-9-19-43)65(98)85-55(29-45-32-78-50-23-13-12-22-48(45)50)66(99)81-51(63(96)90-60)24-14-15-25-74/h3-13,16-23,32-34,38-41,49,51-61,78,92-94H,14-15,24-31,35-37,74-75H2,1-2H3,(H,76,79)(H,77,80)(H,81,99)(H,82,95)(H,83,97)(H,84,101)(H,85,98)(H,86,100)(H,87,104)(H,88,105)(H,89,103)(H,90,96)(H,91,102)(H,106,107)/t40-,41-,49+,51+,52+,53+,54+,55+,56+,57+,58+,59+,60+,61+/m1/s1. The van der Waals surface area contributed by atoms with Crippen molar-refractivity contribution >= 4 is 103 Å². The molecule has 11 amide bonds. The van der Waals surface area contributed by atoms with Crippen molar-refractivity contribution in [2.75, 3.05) is 24.7 Å². The number of aliphatic hydroxyl groups is 3. The average Bonchev–Trinajstić information content (AvgIpc) is 1.72. The van der Waals surface area contributed by atoms with Crippen LogP contribution < -0.4 is 70.0 Å². The zero-order chi connectivity index (χ0) is 78.5. The van der Waals surface area contributed by atoms with Gasteiger partial charge in [0.2, 0.25) is 65.0 Å². The zero-order valence-electron chi connectivity index (χ0n) is 59.7. The Labute approximate surface area is 634 Å². The molecule has 1 aliphatic rings. The van der Waals surface area contributed by atoms with Crippen LogP contribution in [0.5, 0.6) is 0 Å². The van der Waals surface area contributed by atoms with E-state index in [9.17, 15) is 58.8 Å². The number of carbonyl (C=O) groups is 12. The van der Waals surface area contributed by atoms with Crippen LogP contribution in [0.3, 0.4) is 0 Å². The number of unbranched alkanes of at least 4 members (excludes halogenated alkanes) is 1. The number of amides is 11. The number of hydrogen-bond acceptors (Lipinski definition) is 21. The van der Waals surface area contributed by atoms with Crippen LogP contribution in [0.15, 0.2) is 147 Å². The molecule has 1 fully saturated rings. The van der Waals surface area contributed by atoms with Crippen LogP contribution in [0, 0.1) is 0 Å². The maximum absolute atomic E-state index is 15.4. The van der Waals surface area contributed by atoms with E-state index in [-0.39, 0.29) is 63.7 Å². The number of fused-ring (bicyclic) bond motifs is 1. The number of nitrogens with zero attached hydrogens (tertiary/aromatic N) is 2. The molecule has 8 rings (SSSR count). The lowest BCUT2D eigenvalue weighted by Crippen LogP contribution is -2.63. The summed E-state index contributed by atoms with van der Waals surface area (Å²) in [5.41, 5.74) is 15.8. The van der Waals surface area contributed by atoms with Gasteiger partial charge in [0, 0.05) is 90.9 Å². The van der Waals surface area contributed by atoms with Gasteiger partial charge in [0.1, 0.15) is 66.5 Å². The predicted molar refractivity (Wildman–Crippen MR) is 402 cm³/mol. The summed E-state index contributed by atoms with van der Waals surface area (Å²) in [5.74, 6) is -13.3. The van der Waals surface area contributed by atoms with Crippen molar-refractivity contribution in [1.29, 1.82) is 0 Å². The molecule has 36 heteroatoms. The van der Waals surface area contributed by atoms with Crippen molar-refractivity contribution in [3.8, 4) is 0 Å². The third-order valence-electron chi connectivity index (χ3n) is 17.7. The smallest absolute Gasteiger partial charge is 0.327 e. The van der Waals surface area contributed by atoms with Gasteiger partial charge in [0.05, 0.1) is 37.5 Å². The Balaban J connectivity index is 1.17. The molecular weight excluding hydrogens is 1450 g/mol. The molecule has 1 saturated heterocycles. The summed E-state index contributed by atoms with van der Waals surface area (Å²) in [6, 6.07) is 12.9. The molecule has 34 nitrogen and oxygen atoms in total. The van der Waals surface area contributed by atoms with Gasteiger partial charge in [-0.25, -0.2) is 14.8 Å². The lowest BCUT2D eigenvalue weighted by atomic mass is 10.00. The number of para-hydroxylation sites is 1. The zero-order valence-corrected chi connectivity index (χ0v) is 61.3. The third kappa shape index (κ3) is 25.6. The first-order chi connectivity index (χ1) is 52.4. The van der Waals surface area contributed by atoms with Gasteiger partial charge in [0.15, 0.2) is 0 Å². The molecule has 582 valence electrons. The predicted octanol–water partition coefficient (Wildman–Crippen LogP) is -2.61. The molecule has 0 radical (unpaired) electrons. The Kier molecular flexibility index (Phi) is 32.2. The van der Waals surface area contributed by atoms with Crippen molar-refractivity contribution in [2.45, 2.75) is 156 Å². The number of imidazole rings is 2. The highest BCUT2D eigenvalue weighted by Gasteiger charge is 2.39. The maximum Gasteiger partial charge on any atom is 0.327 e. The monoisotopic (exact) mass is 1540 g/mol. The second kappa shape index (κ2) is 41.9. The Morgan fingerprint density at radius 1 is 0.450 bits per heavy atom. The molecule has 14 atom stereocenters. The summed E-state index contributed by atoms with van der Waals surface area (Å²) < 4.78 is 0. The molecule has 0 unspecified atom stereocenters. The first-order valence-corrected chi connectivity index (χ1v) is 37.7. The number of aliphatic hydroxyl groups excluding tert-OH is 3. The van der Waals surface area contributed by atoms with Crippen molar-refractivity contribution < 1.29 is 78.0 Å². The number of aromatic nitrogens is 5. The van der Waals surface area contributed by atoms with E-state index in [4.69, 9.17) is 11.5 Å². The van der Waals surface area contributed by atoms with E-state index in [1.807, 2.05) is 0 Å². The van der Waals surface area contributed by atoms with E-state index >= 15 is 19.2 Å². The molecule has 4 heterocycles. The Bertz CT molecular complexity index is 4180. The average molecular weight is 1540 g/mol. The van der Waals surface area contributed by atoms with Crippen molar-refractivity contribution in [3.63, 3.8) is 0 Å². The van der Waals surface area contributed by atoms with Gasteiger partial charge in [-0.05, 0) is 68.0 Å². The number of nitrogens with one attached hydrogen (secondary N) is 14. The fraction of sp³-hybridized carbons (Fsp3) is 0.397. The number of aliphatic carboxylic acids is 1. The summed E-state index contributed by atoms with van der Waals surface area (Å²) >= 11 is 0. The summed E-state index contributed by atoms with van der Waals surface area (Å²) in [6.45, 7) is 1.31. The number of benzene rings is 4. The minimum absolute atomic E-state index is 0.125. The molecule has 7 aromatic rings. The molecule has 22 N–H and O–H groups in total. The van der Waals surface area contributed by atoms with Crippen molar-refractivity contribution in [2.24, 2.45) is 11.5 Å². The molecular formula is C73H92N18O16S2. The lowest BCUT2D eigenvalue weighted by Gasteiger charge is -2.29. The number of aromatic amines is 3. The number of hydrogen-bond donors (Lipinski definition) is 20. The molecule has 3 aromatic heterocycles. The van der Waals surface area contributed by atoms with Crippen LogP contribution in [0.2, 0.25) is 0 Å². The van der Waals surface area contributed by atoms with Gasteiger partial charge in [-0.15, -0.1) is 0 Å². The fourth-order valence-corrected chi connectivity index (χ4v) is 14.0. The number of nitrogens with two attached hydrogens (primary N) is 2. The van der Waals surface area contributed by atoms with E-state index in [0.29, 0.717) is 51.0 Å². The van der Waals surface area contributed by atoms with Crippen LogP contribution >= 0.6 is 21.6 Å². The second-order valence-electron chi connectivity index (χ2n) is 26.2. The fourth-order valence-electron chi connectivity index (χ4n) is 11.8. The summed E-state index contributed by atoms with van der Waals surface area (Å²) in [5, 5.41) is 72.0. The van der Waals surface area contributed by atoms with Crippen LogP contribution in [0.1, 0.15) is 66.8 Å². The largest absolute Gasteiger partial charge is 0.480 e. The molecule has 4 aromatic carbocycles. The Morgan fingerprint density at radius 3 is 1.26 bits per heavy atom. The van der Waals surface area contributed by atoms with Crippen LogP contribution in [0.4, 0.5) is 0 Å². The van der Waals surface area contributed by atoms with Crippen molar-refractivity contribution in [3.05, 3.63) is 180 Å². The van der Waals surface area contributed by atoms with Gasteiger partial charge in [-0.3, -0.25) is 52.7 Å². The summed E-state index contributed by atoms with van der Waals surface area (Å²) in [4.78, 5) is 191. The Hall–Kier alpha value is -11.0. The van der Waals surface area contributed by atoms with Gasteiger partial charge >= 0.3 is 5.97 Å². The number of H-pyrrole nitrogens is 3. The van der Waals surface area contributed by atoms with Crippen LogP contribution in [-0.2, 0) is 96.1 Å². The molecule has 1 aliphatic heterocycles. The van der Waals surface area contributed by atoms with Crippen LogP contribution in [0.25, 0.3) is 10.9 Å². The van der Waals surface area contributed by atoms with Crippen LogP contribution in [-0.4, -0.2) is 226 Å². The molecule has 0 saturated carbocycles. The highest BCUT2D eigenvalue weighted by molar-refractivity contribution is 8.76. The van der Waals surface area contributed by atoms with E-state index in [1.54, 1.807) is 121 Å². The number of carboxylic acid groups (broad SMARTS) is 1. The van der Waals surface area contributed by atoms with E-state index < -0.39 is 168 Å². The quantitative estimate of drug-likeness (QED) is 0.0275. The van der Waals surface area contributed by atoms with Crippen molar-refractivity contribution in [1.82, 2.24) is 83.4 Å². The first kappa shape index (κ1) is 83.6. The number of carboxylic acids is 1. The van der Waals surface area contributed by atoms with E-state index in [0.717, 1.165) is 28.5 Å². The highest BCUT2D eigenvalue weighted by Crippen LogP contribution is 2.24. The summed E-state index contributed by atoms with van der Waals surface area (Å²) in [6.07, 6.45) is 2.68. The third-order valence-corrected chi connectivity index (χ3v) is 20.2. The van der Waals surface area contributed by atoms with E-state index in [1.165, 1.54) is 32.0 Å². The lowest BCUT2D eigenvalue weighted by molar-refractivity contribution is -0.142. The van der Waals surface area contributed by atoms with Gasteiger partial charge in [0.25, 0.3) is 0 Å². The first-order valence-electron chi connectivity index (χ1n) is 35.2. The number of rotatable bonds is 20. The summed E-state index contributed by atoms with van der Waals surface area (Å²) in [7, 11) is 1.77. The maximum atomic E-state index is 15.4. The molecule has 109 heavy (non-hydrogen) atoms. The van der Waals surface area contributed by atoms with Gasteiger partial charge < -0.3 is 105 Å². The Morgan fingerprint density at radius 2 is 0.826 bits per heavy atom. The normalized spacial score (nSPS) is 24.3. The second-order valence-corrected chi connectivity index (χ2v) is 28.7. The highest BCUT2D eigenvalue weighted by atomic mass is 33.1. The van der Waals surface area contributed by atoms with Gasteiger partial charge in [-0.1, -0.05) is 131 Å². The van der Waals surface area contributed by atoms with Gasteiger partial charge in [-0.2, -0.15) is 0 Å². The number of carbonyl (C=O) groups excluding carboxylic acids is 11. The molecule has 0 spiro atoms. The molecule has 0 aliphatic carbocycles. The minimum atomic E-state index is -1.93. The SMILES string of the molecule is C[C@@H](O)[C@@H]1NC(=O)[C@H](Cc2ccccc2)NC(=O)[C@H]([C@@H](C)O)NC(=O)[C@H](CCCCN)NC(=O)[C@H](Cc2c[nH]c3ccccc23)NC(=O)[C@H](Cc2ccccc2)NC(=O)[C@H](Cc2ccccc2)NC(=O)[C@H](Cc2cnc[nH]2)NC(=O)[C@H](Cc2cnc[nH]2)NC(=O)[C@@H](N)CSSC[C@@H](C(=O)O)NC(=O)[C@H](CO)NC1=O. The van der Waals surface area contributed by atoms with E-state index in [2.05, 4.69) is 83.4 Å². The molecule has 0 bridgehead atoms. The topological polar surface area (TPSA) is 543 Å². The minimum Gasteiger partial charge on any atom is -0.480 e.